The number of alkyl halides is 3. The van der Waals surface area contributed by atoms with Crippen molar-refractivity contribution < 1.29 is 18.0 Å². The van der Waals surface area contributed by atoms with Crippen LogP contribution in [0.15, 0.2) is 16.9 Å². The maximum atomic E-state index is 14.1. The predicted molar refractivity (Wildman–Crippen MR) is 83.0 cm³/mol. The molecule has 0 aliphatic heterocycles. The summed E-state index contributed by atoms with van der Waals surface area (Å²) in [5.41, 5.74) is -1.41. The van der Waals surface area contributed by atoms with Gasteiger partial charge in [0.15, 0.2) is 5.82 Å². The Morgan fingerprint density at radius 2 is 2.00 bits per heavy atom. The molecular formula is C13H9Cl3F3N3O2. The van der Waals surface area contributed by atoms with E-state index in [0.29, 0.717) is 4.68 Å². The van der Waals surface area contributed by atoms with Crippen LogP contribution in [-0.4, -0.2) is 25.0 Å². The number of hydrogen-bond acceptors (Lipinski definition) is 3. The van der Waals surface area contributed by atoms with E-state index >= 15 is 0 Å². The molecule has 1 unspecified atom stereocenters. The van der Waals surface area contributed by atoms with Gasteiger partial charge in [-0.05, 0) is 42.6 Å². The molecule has 0 fully saturated rings. The highest BCUT2D eigenvalue weighted by Gasteiger charge is 2.22. The second-order valence-corrected chi connectivity index (χ2v) is 6.07. The average molecular weight is 403 g/mol. The van der Waals surface area contributed by atoms with Crippen LogP contribution in [-0.2, 0) is 11.2 Å². The minimum atomic E-state index is -3.12. The van der Waals surface area contributed by atoms with Crippen molar-refractivity contribution in [2.75, 3.05) is 0 Å². The summed E-state index contributed by atoms with van der Waals surface area (Å²) in [4.78, 5) is 23.0. The smallest absolute Gasteiger partial charge is 0.280 e. The van der Waals surface area contributed by atoms with Crippen LogP contribution in [0.2, 0.25) is 5.02 Å². The maximum Gasteiger partial charge on any atom is 0.355 e. The molecule has 0 saturated heterocycles. The third-order valence-electron chi connectivity index (χ3n) is 3.17. The van der Waals surface area contributed by atoms with Crippen LogP contribution in [0.5, 0.6) is 0 Å². The van der Waals surface area contributed by atoms with Crippen molar-refractivity contribution in [2.45, 2.75) is 25.3 Å². The zero-order valence-corrected chi connectivity index (χ0v) is 14.2. The summed E-state index contributed by atoms with van der Waals surface area (Å²) in [6.45, 7) is -1.94. The molecule has 130 valence electrons. The fourth-order valence-corrected chi connectivity index (χ4v) is 2.50. The molecule has 0 N–H and O–H groups in total. The lowest BCUT2D eigenvalue weighted by Crippen LogP contribution is -2.25. The normalized spacial score (nSPS) is 12.7. The molecule has 0 saturated carbocycles. The van der Waals surface area contributed by atoms with Crippen LogP contribution < -0.4 is 5.69 Å². The summed E-state index contributed by atoms with van der Waals surface area (Å²) in [7, 11) is 0. The highest BCUT2D eigenvalue weighted by molar-refractivity contribution is 6.69. The van der Waals surface area contributed by atoms with E-state index in [1.807, 2.05) is 0 Å². The van der Waals surface area contributed by atoms with E-state index < -0.39 is 34.4 Å². The summed E-state index contributed by atoms with van der Waals surface area (Å²) in [5.74, 6) is -1.25. The number of aromatic nitrogens is 3. The maximum absolute atomic E-state index is 14.1. The molecule has 1 heterocycles. The largest absolute Gasteiger partial charge is 0.355 e. The molecule has 1 atom stereocenters. The highest BCUT2D eigenvalue weighted by Crippen LogP contribution is 2.25. The Kier molecular flexibility index (Phi) is 5.62. The lowest BCUT2D eigenvalue weighted by atomic mass is 10.1. The van der Waals surface area contributed by atoms with E-state index in [9.17, 15) is 22.8 Å². The molecule has 5 nitrogen and oxygen atoms in total. The van der Waals surface area contributed by atoms with Crippen LogP contribution in [0.3, 0.4) is 0 Å². The fourth-order valence-electron chi connectivity index (χ4n) is 2.03. The fraction of sp³-hybridized carbons (Fsp3) is 0.308. The van der Waals surface area contributed by atoms with Crippen LogP contribution in [0.25, 0.3) is 5.69 Å². The van der Waals surface area contributed by atoms with Crippen molar-refractivity contribution in [3.8, 4) is 5.69 Å². The van der Waals surface area contributed by atoms with E-state index in [1.165, 1.54) is 6.92 Å². The standard InChI is InChI=1S/C13H9Cl3F3N3O2/c1-5-20-22(13(24)21(5)12(18)19)10-3-6(2-8(15)11(16)23)7(14)4-9(10)17/h3-4,8,12H,2H2,1H3. The number of halogens is 6. The molecule has 0 aliphatic rings. The van der Waals surface area contributed by atoms with E-state index in [2.05, 4.69) is 5.10 Å². The van der Waals surface area contributed by atoms with Crippen LogP contribution in [0.1, 0.15) is 17.9 Å². The molecule has 2 aromatic rings. The van der Waals surface area contributed by atoms with Gasteiger partial charge in [-0.25, -0.2) is 13.8 Å². The van der Waals surface area contributed by atoms with Gasteiger partial charge in [0.25, 0.3) is 0 Å². The first-order chi connectivity index (χ1) is 11.1. The summed E-state index contributed by atoms with van der Waals surface area (Å²) in [6, 6.07) is 1.98. The Bertz CT molecular complexity index is 851. The minimum Gasteiger partial charge on any atom is -0.280 e. The van der Waals surface area contributed by atoms with Crippen LogP contribution >= 0.6 is 34.8 Å². The molecule has 0 spiro atoms. The Hall–Kier alpha value is -1.51. The van der Waals surface area contributed by atoms with Gasteiger partial charge in [-0.15, -0.1) is 16.7 Å². The van der Waals surface area contributed by atoms with Crippen LogP contribution in [0.4, 0.5) is 13.2 Å². The van der Waals surface area contributed by atoms with E-state index in [0.717, 1.165) is 12.1 Å². The number of nitrogens with zero attached hydrogens (tertiary/aromatic N) is 3. The Morgan fingerprint density at radius 1 is 1.38 bits per heavy atom. The molecule has 1 aromatic carbocycles. The summed E-state index contributed by atoms with van der Waals surface area (Å²) in [6.07, 6.45) is -0.140. The molecule has 0 amide bonds. The molecule has 1 aromatic heterocycles. The first kappa shape index (κ1) is 18.8. The lowest BCUT2D eigenvalue weighted by Gasteiger charge is -2.10. The third kappa shape index (κ3) is 3.60. The average Bonchev–Trinajstić information content (AvgIpc) is 2.76. The SMILES string of the molecule is Cc1nn(-c2cc(CC(Cl)C(=O)Cl)c(Cl)cc2F)c(=O)n1C(F)F. The van der Waals surface area contributed by atoms with Gasteiger partial charge in [0.2, 0.25) is 5.24 Å². The van der Waals surface area contributed by atoms with Crippen molar-refractivity contribution in [1.29, 1.82) is 0 Å². The highest BCUT2D eigenvalue weighted by atomic mass is 35.5. The van der Waals surface area contributed by atoms with E-state index in [4.69, 9.17) is 34.8 Å². The van der Waals surface area contributed by atoms with Crippen molar-refractivity contribution in [3.05, 3.63) is 44.8 Å². The first-order valence-electron chi connectivity index (χ1n) is 6.41. The van der Waals surface area contributed by atoms with E-state index in [1.54, 1.807) is 0 Å². The van der Waals surface area contributed by atoms with E-state index in [-0.39, 0.29) is 27.4 Å². The predicted octanol–water partition coefficient (Wildman–Crippen LogP) is 3.45. The zero-order chi connectivity index (χ0) is 18.2. The number of carbonyl (C=O) groups is 1. The molecule has 11 heteroatoms. The number of hydrogen-bond donors (Lipinski definition) is 0. The molecule has 0 radical (unpaired) electrons. The molecule has 0 bridgehead atoms. The summed E-state index contributed by atoms with van der Waals surface area (Å²) < 4.78 is 40.4. The number of rotatable bonds is 5. The second-order valence-electron chi connectivity index (χ2n) is 4.76. The Labute approximate surface area is 148 Å². The third-order valence-corrected chi connectivity index (χ3v) is 4.24. The van der Waals surface area contributed by atoms with Crippen molar-refractivity contribution >= 4 is 40.0 Å². The molecule has 24 heavy (non-hydrogen) atoms. The van der Waals surface area contributed by atoms with Gasteiger partial charge < -0.3 is 0 Å². The van der Waals surface area contributed by atoms with Gasteiger partial charge >= 0.3 is 12.2 Å². The van der Waals surface area contributed by atoms with Crippen molar-refractivity contribution in [1.82, 2.24) is 14.3 Å². The van der Waals surface area contributed by atoms with Crippen LogP contribution in [0, 0.1) is 12.7 Å². The first-order valence-corrected chi connectivity index (χ1v) is 7.60. The molecule has 0 aliphatic carbocycles. The van der Waals surface area contributed by atoms with Gasteiger partial charge in [-0.1, -0.05) is 11.6 Å². The second kappa shape index (κ2) is 7.16. The quantitative estimate of drug-likeness (QED) is 0.569. The Morgan fingerprint density at radius 3 is 2.50 bits per heavy atom. The van der Waals surface area contributed by atoms with Gasteiger partial charge in [-0.3, -0.25) is 4.79 Å². The summed E-state index contributed by atoms with van der Waals surface area (Å²) in [5, 5.41) is 1.60. The van der Waals surface area contributed by atoms with Crippen molar-refractivity contribution in [3.63, 3.8) is 0 Å². The zero-order valence-electron chi connectivity index (χ0n) is 11.9. The van der Waals surface area contributed by atoms with Gasteiger partial charge in [0.05, 0.1) is 0 Å². The van der Waals surface area contributed by atoms with Gasteiger partial charge in [0, 0.05) is 5.02 Å². The monoisotopic (exact) mass is 401 g/mol. The van der Waals surface area contributed by atoms with Gasteiger partial charge in [0.1, 0.15) is 16.9 Å². The molecular weight excluding hydrogens is 394 g/mol. The number of carbonyl (C=O) groups excluding carboxylic acids is 1. The number of aryl methyl sites for hydroxylation is 1. The Balaban J connectivity index is 2.58. The molecule has 2 rings (SSSR count). The van der Waals surface area contributed by atoms with Gasteiger partial charge in [-0.2, -0.15) is 13.5 Å². The topological polar surface area (TPSA) is 56.9 Å². The number of benzene rings is 1. The summed E-state index contributed by atoms with van der Waals surface area (Å²) >= 11 is 16.9. The van der Waals surface area contributed by atoms with Crippen molar-refractivity contribution in [2.24, 2.45) is 0 Å². The minimum absolute atomic E-state index is 0.0575. The lowest BCUT2D eigenvalue weighted by molar-refractivity contribution is -0.111.